The quantitative estimate of drug-likeness (QED) is 0.652. The molecule has 1 amide bonds. The second-order valence-electron chi connectivity index (χ2n) is 6.34. The Balaban J connectivity index is 1.95. The van der Waals surface area contributed by atoms with E-state index in [1.54, 1.807) is 0 Å². The number of rotatable bonds is 6. The third-order valence-electron chi connectivity index (χ3n) is 4.12. The number of aromatic nitrogens is 1. The average molecular weight is 356 g/mol. The van der Waals surface area contributed by atoms with Crippen molar-refractivity contribution >= 4 is 28.4 Å². The van der Waals surface area contributed by atoms with E-state index >= 15 is 0 Å². The van der Waals surface area contributed by atoms with Crippen molar-refractivity contribution in [2.24, 2.45) is 0 Å². The van der Waals surface area contributed by atoms with E-state index in [9.17, 15) is 4.79 Å². The summed E-state index contributed by atoms with van der Waals surface area (Å²) in [5, 5.41) is 4.62. The molecule has 2 N–H and O–H groups in total. The molecule has 0 fully saturated rings. The summed E-state index contributed by atoms with van der Waals surface area (Å²) in [5.41, 5.74) is 3.37. The first-order valence-electron chi connectivity index (χ1n) is 8.36. The molecule has 130 valence electrons. The van der Waals surface area contributed by atoms with Crippen LogP contribution < -0.4 is 5.32 Å². The Morgan fingerprint density at radius 1 is 1.16 bits per heavy atom. The normalized spacial score (nSPS) is 11.2. The molecule has 0 saturated heterocycles. The number of hydrogen-bond acceptors (Lipinski definition) is 2. The Kier molecular flexibility index (Phi) is 5.41. The molecule has 3 aromatic rings. The number of halogens is 1. The van der Waals surface area contributed by atoms with Gasteiger partial charge < -0.3 is 15.2 Å². The van der Waals surface area contributed by atoms with E-state index in [4.69, 9.17) is 11.6 Å². The first-order chi connectivity index (χ1) is 12.1. The highest BCUT2D eigenvalue weighted by atomic mass is 35.5. The highest BCUT2D eigenvalue weighted by Crippen LogP contribution is 2.34. The summed E-state index contributed by atoms with van der Waals surface area (Å²) in [4.78, 5) is 18.1. The molecule has 0 unspecified atom stereocenters. The summed E-state index contributed by atoms with van der Waals surface area (Å²) in [5.74, 6) is -0.0927. The van der Waals surface area contributed by atoms with Gasteiger partial charge in [0.05, 0.1) is 0 Å². The molecule has 4 nitrogen and oxygen atoms in total. The van der Waals surface area contributed by atoms with Gasteiger partial charge in [-0.3, -0.25) is 4.79 Å². The molecule has 25 heavy (non-hydrogen) atoms. The smallest absolute Gasteiger partial charge is 0.268 e. The number of hydrogen-bond donors (Lipinski definition) is 2. The van der Waals surface area contributed by atoms with Crippen molar-refractivity contribution in [3.63, 3.8) is 0 Å². The van der Waals surface area contributed by atoms with Gasteiger partial charge in [0.15, 0.2) is 0 Å². The van der Waals surface area contributed by atoms with Gasteiger partial charge in [0.1, 0.15) is 5.69 Å². The molecule has 0 spiro atoms. The number of H-pyrrole nitrogens is 1. The average Bonchev–Trinajstić information content (AvgIpc) is 2.97. The van der Waals surface area contributed by atoms with Gasteiger partial charge in [-0.1, -0.05) is 41.9 Å². The van der Waals surface area contributed by atoms with Crippen molar-refractivity contribution in [3.8, 4) is 11.1 Å². The van der Waals surface area contributed by atoms with E-state index in [2.05, 4.69) is 15.2 Å². The number of fused-ring (bicyclic) bond motifs is 1. The fourth-order valence-electron chi connectivity index (χ4n) is 2.92. The van der Waals surface area contributed by atoms with Crippen molar-refractivity contribution < 1.29 is 4.79 Å². The Labute approximate surface area is 152 Å². The zero-order valence-corrected chi connectivity index (χ0v) is 15.2. The fraction of sp³-hybridized carbons (Fsp3) is 0.250. The number of benzene rings is 2. The largest absolute Gasteiger partial charge is 0.351 e. The molecule has 0 atom stereocenters. The van der Waals surface area contributed by atoms with Crippen LogP contribution >= 0.6 is 11.6 Å². The van der Waals surface area contributed by atoms with Crippen LogP contribution in [0.15, 0.2) is 48.5 Å². The number of nitrogens with zero attached hydrogens (tertiary/aromatic N) is 1. The van der Waals surface area contributed by atoms with Crippen molar-refractivity contribution in [1.82, 2.24) is 15.2 Å². The molecule has 0 aliphatic carbocycles. The summed E-state index contributed by atoms with van der Waals surface area (Å²) in [7, 11) is 4.05. The highest BCUT2D eigenvalue weighted by molar-refractivity contribution is 6.31. The van der Waals surface area contributed by atoms with Gasteiger partial charge in [0.2, 0.25) is 0 Å². The maximum Gasteiger partial charge on any atom is 0.268 e. The monoisotopic (exact) mass is 355 g/mol. The molecule has 3 rings (SSSR count). The number of carbonyl (C=O) groups is 1. The Morgan fingerprint density at radius 2 is 1.92 bits per heavy atom. The Hall–Kier alpha value is -2.30. The summed E-state index contributed by atoms with van der Waals surface area (Å²) in [6.45, 7) is 1.58. The van der Waals surface area contributed by atoms with E-state index in [0.717, 1.165) is 35.0 Å². The second kappa shape index (κ2) is 7.72. The topological polar surface area (TPSA) is 48.1 Å². The maximum atomic E-state index is 12.7. The molecule has 0 aliphatic heterocycles. The van der Waals surface area contributed by atoms with Gasteiger partial charge in [0, 0.05) is 28.0 Å². The number of aromatic amines is 1. The van der Waals surface area contributed by atoms with E-state index in [1.807, 2.05) is 62.6 Å². The minimum atomic E-state index is -0.0927. The number of amides is 1. The lowest BCUT2D eigenvalue weighted by Crippen LogP contribution is -2.27. The predicted octanol–water partition coefficient (Wildman–Crippen LogP) is 4.17. The molecule has 0 radical (unpaired) electrons. The summed E-state index contributed by atoms with van der Waals surface area (Å²) in [6.07, 6.45) is 0.908. The SMILES string of the molecule is CN(C)CCCNC(=O)c1[nH]c2ccc(Cl)cc2c1-c1ccccc1. The van der Waals surface area contributed by atoms with Crippen LogP contribution in [0.1, 0.15) is 16.9 Å². The van der Waals surface area contributed by atoms with Gasteiger partial charge in [0.25, 0.3) is 5.91 Å². The van der Waals surface area contributed by atoms with Crippen LogP contribution in [0.4, 0.5) is 0 Å². The number of carbonyl (C=O) groups excluding carboxylic acids is 1. The van der Waals surface area contributed by atoms with Crippen LogP contribution in [-0.4, -0.2) is 43.0 Å². The van der Waals surface area contributed by atoms with Crippen LogP contribution in [0.5, 0.6) is 0 Å². The second-order valence-corrected chi connectivity index (χ2v) is 6.78. The minimum Gasteiger partial charge on any atom is -0.351 e. The Morgan fingerprint density at radius 3 is 2.64 bits per heavy atom. The third kappa shape index (κ3) is 4.03. The van der Waals surface area contributed by atoms with Crippen LogP contribution in [0, 0.1) is 0 Å². The third-order valence-corrected chi connectivity index (χ3v) is 4.35. The molecule has 0 aliphatic rings. The molecule has 0 bridgehead atoms. The van der Waals surface area contributed by atoms with Crippen molar-refractivity contribution in [3.05, 3.63) is 59.2 Å². The van der Waals surface area contributed by atoms with E-state index in [1.165, 1.54) is 0 Å². The highest BCUT2D eigenvalue weighted by Gasteiger charge is 2.19. The molecule has 1 heterocycles. The fourth-order valence-corrected chi connectivity index (χ4v) is 3.10. The lowest BCUT2D eigenvalue weighted by molar-refractivity contribution is 0.0949. The molecule has 0 saturated carbocycles. The molecular weight excluding hydrogens is 334 g/mol. The number of nitrogens with one attached hydrogen (secondary N) is 2. The lowest BCUT2D eigenvalue weighted by Gasteiger charge is -2.10. The first-order valence-corrected chi connectivity index (χ1v) is 8.73. The maximum absolute atomic E-state index is 12.7. The summed E-state index contributed by atoms with van der Waals surface area (Å²) >= 11 is 6.18. The van der Waals surface area contributed by atoms with Crippen LogP contribution in [0.2, 0.25) is 5.02 Å². The molecule has 1 aromatic heterocycles. The van der Waals surface area contributed by atoms with Gasteiger partial charge >= 0.3 is 0 Å². The molecule has 2 aromatic carbocycles. The Bertz CT molecular complexity index is 871. The standard InChI is InChI=1S/C20H22ClN3O/c1-24(2)12-6-11-22-20(25)19-18(14-7-4-3-5-8-14)16-13-15(21)9-10-17(16)23-19/h3-5,7-10,13,23H,6,11-12H2,1-2H3,(H,22,25). The van der Waals surface area contributed by atoms with Crippen LogP contribution in [0.3, 0.4) is 0 Å². The van der Waals surface area contributed by atoms with E-state index in [-0.39, 0.29) is 5.91 Å². The van der Waals surface area contributed by atoms with Crippen LogP contribution in [-0.2, 0) is 0 Å². The molecular formula is C20H22ClN3O. The van der Waals surface area contributed by atoms with Gasteiger partial charge in [-0.05, 0) is 50.8 Å². The first kappa shape index (κ1) is 17.5. The van der Waals surface area contributed by atoms with E-state index < -0.39 is 0 Å². The van der Waals surface area contributed by atoms with E-state index in [0.29, 0.717) is 17.3 Å². The summed E-state index contributed by atoms with van der Waals surface area (Å²) < 4.78 is 0. The van der Waals surface area contributed by atoms with Crippen molar-refractivity contribution in [2.45, 2.75) is 6.42 Å². The zero-order valence-electron chi connectivity index (χ0n) is 14.5. The summed E-state index contributed by atoms with van der Waals surface area (Å²) in [6, 6.07) is 15.6. The van der Waals surface area contributed by atoms with Gasteiger partial charge in [-0.2, -0.15) is 0 Å². The minimum absolute atomic E-state index is 0.0927. The van der Waals surface area contributed by atoms with Gasteiger partial charge in [-0.15, -0.1) is 0 Å². The van der Waals surface area contributed by atoms with Crippen molar-refractivity contribution in [1.29, 1.82) is 0 Å². The molecule has 5 heteroatoms. The van der Waals surface area contributed by atoms with Gasteiger partial charge in [-0.25, -0.2) is 0 Å². The lowest BCUT2D eigenvalue weighted by atomic mass is 10.0. The predicted molar refractivity (Wildman–Crippen MR) is 104 cm³/mol. The zero-order chi connectivity index (χ0) is 17.8. The van der Waals surface area contributed by atoms with Crippen LogP contribution in [0.25, 0.3) is 22.0 Å². The van der Waals surface area contributed by atoms with Crippen molar-refractivity contribution in [2.75, 3.05) is 27.2 Å².